The van der Waals surface area contributed by atoms with Gasteiger partial charge in [-0.3, -0.25) is 9.59 Å². The van der Waals surface area contributed by atoms with E-state index in [1.807, 2.05) is 13.8 Å². The normalized spacial score (nSPS) is 15.6. The van der Waals surface area contributed by atoms with Crippen molar-refractivity contribution < 1.29 is 14.0 Å². The number of rotatable bonds is 2. The largest absolute Gasteiger partial charge is 0.339 e. The van der Waals surface area contributed by atoms with Crippen LogP contribution in [0.4, 0.5) is 4.39 Å². The third kappa shape index (κ3) is 2.98. The molecule has 1 saturated heterocycles. The third-order valence-electron chi connectivity index (χ3n) is 3.48. The fourth-order valence-corrected chi connectivity index (χ4v) is 2.30. The first kappa shape index (κ1) is 14.5. The summed E-state index contributed by atoms with van der Waals surface area (Å²) in [6.45, 7) is 5.64. The molecule has 0 aromatic heterocycles. The molecule has 5 heteroatoms. The first-order valence-electron chi connectivity index (χ1n) is 6.83. The summed E-state index contributed by atoms with van der Waals surface area (Å²) in [5.74, 6) is -0.746. The summed E-state index contributed by atoms with van der Waals surface area (Å²) in [4.78, 5) is 27.4. The average Bonchev–Trinajstić information content (AvgIpc) is 2.46. The van der Waals surface area contributed by atoms with Crippen LogP contribution >= 0.6 is 0 Å². The van der Waals surface area contributed by atoms with Crippen molar-refractivity contribution >= 4 is 11.8 Å². The van der Waals surface area contributed by atoms with Crippen molar-refractivity contribution in [1.29, 1.82) is 0 Å². The van der Waals surface area contributed by atoms with E-state index >= 15 is 0 Å². The van der Waals surface area contributed by atoms with E-state index in [0.717, 1.165) is 0 Å². The van der Waals surface area contributed by atoms with Gasteiger partial charge >= 0.3 is 0 Å². The minimum atomic E-state index is -0.502. The fourth-order valence-electron chi connectivity index (χ4n) is 2.30. The van der Waals surface area contributed by atoms with Crippen LogP contribution in [0.15, 0.2) is 24.3 Å². The number of hydrogen-bond acceptors (Lipinski definition) is 2. The lowest BCUT2D eigenvalue weighted by molar-refractivity contribution is -0.135. The van der Waals surface area contributed by atoms with Crippen molar-refractivity contribution in [1.82, 2.24) is 9.80 Å². The summed E-state index contributed by atoms with van der Waals surface area (Å²) < 4.78 is 13.6. The van der Waals surface area contributed by atoms with Gasteiger partial charge in [-0.1, -0.05) is 26.0 Å². The molecule has 0 unspecified atom stereocenters. The SMILES string of the molecule is CC(C)C(=O)N1CCN(C(=O)c2ccccc2F)CC1. The molecule has 1 aromatic carbocycles. The summed E-state index contributed by atoms with van der Waals surface area (Å²) in [6, 6.07) is 5.98. The Morgan fingerprint density at radius 3 is 2.15 bits per heavy atom. The topological polar surface area (TPSA) is 40.6 Å². The Hall–Kier alpha value is -1.91. The minimum Gasteiger partial charge on any atom is -0.339 e. The van der Waals surface area contributed by atoms with E-state index in [-0.39, 0.29) is 23.3 Å². The molecule has 1 aromatic rings. The molecule has 1 aliphatic heterocycles. The van der Waals surface area contributed by atoms with E-state index in [4.69, 9.17) is 0 Å². The molecule has 0 spiro atoms. The highest BCUT2D eigenvalue weighted by atomic mass is 19.1. The highest BCUT2D eigenvalue weighted by Gasteiger charge is 2.26. The number of nitrogens with zero attached hydrogens (tertiary/aromatic N) is 2. The first-order valence-corrected chi connectivity index (χ1v) is 6.83. The Morgan fingerprint density at radius 2 is 1.60 bits per heavy atom. The zero-order valence-corrected chi connectivity index (χ0v) is 11.8. The molecule has 0 saturated carbocycles. The number of amides is 2. The van der Waals surface area contributed by atoms with Crippen LogP contribution in [0, 0.1) is 11.7 Å². The predicted molar refractivity (Wildman–Crippen MR) is 73.7 cm³/mol. The van der Waals surface area contributed by atoms with Crippen LogP contribution in [-0.4, -0.2) is 47.8 Å². The smallest absolute Gasteiger partial charge is 0.256 e. The van der Waals surface area contributed by atoms with Gasteiger partial charge in [0.2, 0.25) is 5.91 Å². The van der Waals surface area contributed by atoms with Gasteiger partial charge in [0.25, 0.3) is 5.91 Å². The molecule has 0 N–H and O–H groups in total. The summed E-state index contributed by atoms with van der Waals surface area (Å²) in [5.41, 5.74) is 0.0936. The number of hydrogen-bond donors (Lipinski definition) is 0. The van der Waals surface area contributed by atoms with E-state index in [9.17, 15) is 14.0 Å². The third-order valence-corrected chi connectivity index (χ3v) is 3.48. The number of benzene rings is 1. The Morgan fingerprint density at radius 1 is 1.05 bits per heavy atom. The second kappa shape index (κ2) is 6.03. The summed E-state index contributed by atoms with van der Waals surface area (Å²) in [6.07, 6.45) is 0. The van der Waals surface area contributed by atoms with Gasteiger partial charge in [-0.2, -0.15) is 0 Å². The molecule has 0 atom stereocenters. The Bertz CT molecular complexity index is 508. The van der Waals surface area contributed by atoms with Crippen molar-refractivity contribution in [2.45, 2.75) is 13.8 Å². The molecule has 1 aliphatic rings. The summed E-state index contributed by atoms with van der Waals surface area (Å²) in [7, 11) is 0. The Balaban J connectivity index is 1.99. The van der Waals surface area contributed by atoms with Gasteiger partial charge in [0.15, 0.2) is 0 Å². The fraction of sp³-hybridized carbons (Fsp3) is 0.467. The van der Waals surface area contributed by atoms with Gasteiger partial charge in [-0.15, -0.1) is 0 Å². The van der Waals surface area contributed by atoms with Crippen molar-refractivity contribution in [3.63, 3.8) is 0 Å². The zero-order chi connectivity index (χ0) is 14.7. The molecule has 0 radical (unpaired) electrons. The lowest BCUT2D eigenvalue weighted by Gasteiger charge is -2.35. The molecular weight excluding hydrogens is 259 g/mol. The maximum atomic E-state index is 13.6. The maximum absolute atomic E-state index is 13.6. The van der Waals surface area contributed by atoms with Crippen molar-refractivity contribution in [2.24, 2.45) is 5.92 Å². The molecule has 0 aliphatic carbocycles. The van der Waals surface area contributed by atoms with Gasteiger partial charge in [0.05, 0.1) is 5.56 Å². The number of carbonyl (C=O) groups excluding carboxylic acids is 2. The number of halogens is 1. The van der Waals surface area contributed by atoms with E-state index in [1.54, 1.807) is 21.9 Å². The van der Waals surface area contributed by atoms with Gasteiger partial charge < -0.3 is 9.80 Å². The van der Waals surface area contributed by atoms with Gasteiger partial charge in [-0.05, 0) is 12.1 Å². The predicted octanol–water partition coefficient (Wildman–Crippen LogP) is 1.77. The highest BCUT2D eigenvalue weighted by Crippen LogP contribution is 2.13. The van der Waals surface area contributed by atoms with Crippen LogP contribution in [0.2, 0.25) is 0 Å². The van der Waals surface area contributed by atoms with Crippen LogP contribution in [-0.2, 0) is 4.79 Å². The molecule has 1 heterocycles. The van der Waals surface area contributed by atoms with Crippen LogP contribution < -0.4 is 0 Å². The second-order valence-electron chi connectivity index (χ2n) is 5.25. The first-order chi connectivity index (χ1) is 9.50. The van der Waals surface area contributed by atoms with Crippen molar-refractivity contribution in [3.05, 3.63) is 35.6 Å². The number of piperazine rings is 1. The second-order valence-corrected chi connectivity index (χ2v) is 5.25. The van der Waals surface area contributed by atoms with Crippen LogP contribution in [0.5, 0.6) is 0 Å². The molecule has 2 rings (SSSR count). The monoisotopic (exact) mass is 278 g/mol. The molecule has 4 nitrogen and oxygen atoms in total. The van der Waals surface area contributed by atoms with Crippen LogP contribution in [0.3, 0.4) is 0 Å². The Kier molecular flexibility index (Phi) is 4.37. The van der Waals surface area contributed by atoms with E-state index in [1.165, 1.54) is 12.1 Å². The van der Waals surface area contributed by atoms with Crippen molar-refractivity contribution in [3.8, 4) is 0 Å². The van der Waals surface area contributed by atoms with Crippen LogP contribution in [0.25, 0.3) is 0 Å². The molecular formula is C15H19FN2O2. The van der Waals surface area contributed by atoms with Crippen molar-refractivity contribution in [2.75, 3.05) is 26.2 Å². The molecule has 1 fully saturated rings. The van der Waals surface area contributed by atoms with Gasteiger partial charge in [0.1, 0.15) is 5.82 Å². The van der Waals surface area contributed by atoms with E-state index < -0.39 is 5.82 Å². The van der Waals surface area contributed by atoms with E-state index in [2.05, 4.69) is 0 Å². The van der Waals surface area contributed by atoms with E-state index in [0.29, 0.717) is 26.2 Å². The Labute approximate surface area is 118 Å². The lowest BCUT2D eigenvalue weighted by Crippen LogP contribution is -2.51. The quantitative estimate of drug-likeness (QED) is 0.827. The van der Waals surface area contributed by atoms with Crippen LogP contribution in [0.1, 0.15) is 24.2 Å². The summed E-state index contributed by atoms with van der Waals surface area (Å²) in [5, 5.41) is 0. The van der Waals surface area contributed by atoms with Gasteiger partial charge in [-0.25, -0.2) is 4.39 Å². The summed E-state index contributed by atoms with van der Waals surface area (Å²) >= 11 is 0. The standard InChI is InChI=1S/C15H19FN2O2/c1-11(2)14(19)17-7-9-18(10-8-17)15(20)12-5-3-4-6-13(12)16/h3-6,11H,7-10H2,1-2H3. The van der Waals surface area contributed by atoms with Gasteiger partial charge in [0, 0.05) is 32.1 Å². The molecule has 20 heavy (non-hydrogen) atoms. The maximum Gasteiger partial charge on any atom is 0.256 e. The lowest BCUT2D eigenvalue weighted by atomic mass is 10.1. The minimum absolute atomic E-state index is 0.0381. The molecule has 0 bridgehead atoms. The average molecular weight is 278 g/mol. The zero-order valence-electron chi connectivity index (χ0n) is 11.8. The highest BCUT2D eigenvalue weighted by molar-refractivity contribution is 5.94. The molecule has 108 valence electrons. The number of carbonyl (C=O) groups is 2. The molecule has 2 amide bonds.